The van der Waals surface area contributed by atoms with Crippen molar-refractivity contribution in [1.29, 1.82) is 0 Å². The lowest BCUT2D eigenvalue weighted by Crippen LogP contribution is -2.55. The molecule has 0 saturated carbocycles. The van der Waals surface area contributed by atoms with Crippen LogP contribution in [0.1, 0.15) is 45.5 Å². The van der Waals surface area contributed by atoms with Crippen LogP contribution in [0.25, 0.3) is 10.9 Å². The van der Waals surface area contributed by atoms with Gasteiger partial charge < -0.3 is 10.1 Å². The molecule has 0 bridgehead atoms. The predicted octanol–water partition coefficient (Wildman–Crippen LogP) is 2.57. The summed E-state index contributed by atoms with van der Waals surface area (Å²) in [5, 5.41) is 4.28. The monoisotopic (exact) mass is 372 g/mol. The number of nitrogens with one attached hydrogen (secondary N) is 1. The van der Waals surface area contributed by atoms with E-state index in [1.54, 1.807) is 7.11 Å². The van der Waals surface area contributed by atoms with Gasteiger partial charge in [-0.25, -0.2) is 4.98 Å². The van der Waals surface area contributed by atoms with E-state index in [2.05, 4.69) is 31.0 Å². The molecule has 1 aliphatic rings. The first-order chi connectivity index (χ1) is 13.0. The summed E-state index contributed by atoms with van der Waals surface area (Å²) >= 11 is 0. The quantitative estimate of drug-likeness (QED) is 0.757. The molecule has 0 radical (unpaired) electrons. The molecular weight excluding hydrogens is 340 g/mol. The van der Waals surface area contributed by atoms with E-state index >= 15 is 0 Å². The fraction of sp³-hybridized carbons (Fsp3) is 0.619. The molecule has 148 valence electrons. The Morgan fingerprint density at radius 3 is 2.63 bits per heavy atom. The number of rotatable bonds is 7. The van der Waals surface area contributed by atoms with E-state index in [4.69, 9.17) is 9.72 Å². The number of nitrogens with zero attached hydrogens (tertiary/aromatic N) is 3. The van der Waals surface area contributed by atoms with E-state index in [9.17, 15) is 4.79 Å². The molecule has 3 atom stereocenters. The first-order valence-electron chi connectivity index (χ1n) is 10.0. The molecule has 0 amide bonds. The second-order valence-corrected chi connectivity index (χ2v) is 7.64. The normalized spacial score (nSPS) is 22.2. The van der Waals surface area contributed by atoms with E-state index in [0.29, 0.717) is 30.6 Å². The molecule has 1 unspecified atom stereocenters. The summed E-state index contributed by atoms with van der Waals surface area (Å²) < 4.78 is 7.09. The van der Waals surface area contributed by atoms with Gasteiger partial charge in [-0.1, -0.05) is 19.1 Å². The van der Waals surface area contributed by atoms with Gasteiger partial charge in [-0.15, -0.1) is 0 Å². The second-order valence-electron chi connectivity index (χ2n) is 7.64. The molecule has 2 heterocycles. The van der Waals surface area contributed by atoms with Gasteiger partial charge in [0.1, 0.15) is 5.82 Å². The summed E-state index contributed by atoms with van der Waals surface area (Å²) in [5.41, 5.74) is 0.844. The van der Waals surface area contributed by atoms with Crippen LogP contribution >= 0.6 is 0 Å². The molecule has 1 aromatic heterocycles. The largest absolute Gasteiger partial charge is 0.385 e. The van der Waals surface area contributed by atoms with Crippen molar-refractivity contribution in [2.45, 2.75) is 58.3 Å². The van der Waals surface area contributed by atoms with E-state index < -0.39 is 0 Å². The lowest BCUT2D eigenvalue weighted by molar-refractivity contribution is 0.111. The Kier molecular flexibility index (Phi) is 6.63. The van der Waals surface area contributed by atoms with Crippen LogP contribution < -0.4 is 10.9 Å². The van der Waals surface area contributed by atoms with Gasteiger partial charge in [-0.2, -0.15) is 0 Å². The first kappa shape index (κ1) is 20.0. The average Bonchev–Trinajstić information content (AvgIpc) is 2.64. The molecule has 6 nitrogen and oxygen atoms in total. The predicted molar refractivity (Wildman–Crippen MR) is 109 cm³/mol. The Labute approximate surface area is 161 Å². The number of methoxy groups -OCH3 is 1. The molecule has 6 heteroatoms. The van der Waals surface area contributed by atoms with Gasteiger partial charge in [-0.3, -0.25) is 14.3 Å². The summed E-state index contributed by atoms with van der Waals surface area (Å²) in [6, 6.07) is 8.66. The number of aromatic nitrogens is 2. The number of benzene rings is 1. The molecule has 1 aliphatic heterocycles. The Morgan fingerprint density at radius 1 is 1.26 bits per heavy atom. The third-order valence-electron chi connectivity index (χ3n) is 5.33. The smallest absolute Gasteiger partial charge is 0.261 e. The summed E-state index contributed by atoms with van der Waals surface area (Å²) in [6.45, 7) is 9.81. The van der Waals surface area contributed by atoms with Gasteiger partial charge in [0.25, 0.3) is 5.56 Å². The van der Waals surface area contributed by atoms with Crippen LogP contribution in [-0.4, -0.2) is 53.3 Å². The first-order valence-corrected chi connectivity index (χ1v) is 10.0. The SMILES string of the molecule is CCC(c1nc2ccccc2c(=O)n1CCCOC)N1C[C@@H](C)N[C@@H](C)C1. The van der Waals surface area contributed by atoms with Gasteiger partial charge in [0.15, 0.2) is 0 Å². The number of hydrogen-bond donors (Lipinski definition) is 1. The zero-order valence-corrected chi connectivity index (χ0v) is 16.9. The van der Waals surface area contributed by atoms with Crippen molar-refractivity contribution in [3.63, 3.8) is 0 Å². The van der Waals surface area contributed by atoms with Gasteiger partial charge in [0.2, 0.25) is 0 Å². The van der Waals surface area contributed by atoms with Gasteiger partial charge in [0, 0.05) is 45.4 Å². The van der Waals surface area contributed by atoms with Crippen molar-refractivity contribution in [3.05, 3.63) is 40.4 Å². The fourth-order valence-electron chi connectivity index (χ4n) is 4.25. The summed E-state index contributed by atoms with van der Waals surface area (Å²) in [4.78, 5) is 20.7. The summed E-state index contributed by atoms with van der Waals surface area (Å²) in [7, 11) is 1.70. The average molecular weight is 373 g/mol. The fourth-order valence-corrected chi connectivity index (χ4v) is 4.25. The number of piperazine rings is 1. The highest BCUT2D eigenvalue weighted by Gasteiger charge is 2.30. The zero-order chi connectivity index (χ0) is 19.4. The highest BCUT2D eigenvalue weighted by Crippen LogP contribution is 2.26. The van der Waals surface area contributed by atoms with Crippen molar-refractivity contribution in [3.8, 4) is 0 Å². The summed E-state index contributed by atoms with van der Waals surface area (Å²) in [6.07, 6.45) is 1.72. The minimum atomic E-state index is 0.0568. The lowest BCUT2D eigenvalue weighted by Gasteiger charge is -2.40. The number of para-hydroxylation sites is 1. The third kappa shape index (κ3) is 4.39. The molecule has 0 aliphatic carbocycles. The minimum absolute atomic E-state index is 0.0568. The molecule has 3 rings (SSSR count). The molecule has 1 N–H and O–H groups in total. The van der Waals surface area contributed by atoms with Crippen LogP contribution in [0, 0.1) is 0 Å². The highest BCUT2D eigenvalue weighted by molar-refractivity contribution is 5.77. The number of fused-ring (bicyclic) bond motifs is 1. The van der Waals surface area contributed by atoms with Crippen LogP contribution in [0.3, 0.4) is 0 Å². The molecule has 1 fully saturated rings. The molecule has 0 spiro atoms. The number of hydrogen-bond acceptors (Lipinski definition) is 5. The maximum Gasteiger partial charge on any atom is 0.261 e. The third-order valence-corrected chi connectivity index (χ3v) is 5.33. The van der Waals surface area contributed by atoms with Crippen molar-refractivity contribution in [2.75, 3.05) is 26.8 Å². The standard InChI is InChI=1S/C21H32N4O2/c1-5-19(24-13-15(2)22-16(3)14-24)20-23-18-10-7-6-9-17(18)21(26)25(20)11-8-12-27-4/h6-7,9-10,15-16,19,22H,5,8,11-14H2,1-4H3/t15-,16+,19?. The molecular formula is C21H32N4O2. The molecule has 2 aromatic rings. The van der Waals surface area contributed by atoms with E-state index in [1.165, 1.54) is 0 Å². The maximum absolute atomic E-state index is 13.2. The van der Waals surface area contributed by atoms with Crippen molar-refractivity contribution >= 4 is 10.9 Å². The second kappa shape index (κ2) is 8.95. The zero-order valence-electron chi connectivity index (χ0n) is 16.9. The van der Waals surface area contributed by atoms with Crippen LogP contribution in [0.4, 0.5) is 0 Å². The maximum atomic E-state index is 13.2. The van der Waals surface area contributed by atoms with Gasteiger partial charge in [0.05, 0.1) is 16.9 Å². The lowest BCUT2D eigenvalue weighted by atomic mass is 10.1. The topological polar surface area (TPSA) is 59.4 Å². The van der Waals surface area contributed by atoms with E-state index in [0.717, 1.165) is 37.3 Å². The number of ether oxygens (including phenoxy) is 1. The van der Waals surface area contributed by atoms with Crippen LogP contribution in [0.15, 0.2) is 29.1 Å². The van der Waals surface area contributed by atoms with Crippen LogP contribution in [0.5, 0.6) is 0 Å². The van der Waals surface area contributed by atoms with E-state index in [1.807, 2.05) is 28.8 Å². The molecule has 1 saturated heterocycles. The summed E-state index contributed by atoms with van der Waals surface area (Å²) in [5.74, 6) is 0.888. The Bertz CT molecular complexity index is 809. The highest BCUT2D eigenvalue weighted by atomic mass is 16.5. The van der Waals surface area contributed by atoms with Crippen molar-refractivity contribution < 1.29 is 4.74 Å². The van der Waals surface area contributed by atoms with Crippen LogP contribution in [-0.2, 0) is 11.3 Å². The van der Waals surface area contributed by atoms with Crippen molar-refractivity contribution in [1.82, 2.24) is 19.8 Å². The van der Waals surface area contributed by atoms with Crippen molar-refractivity contribution in [2.24, 2.45) is 0 Å². The Morgan fingerprint density at radius 2 is 1.96 bits per heavy atom. The minimum Gasteiger partial charge on any atom is -0.385 e. The van der Waals surface area contributed by atoms with Gasteiger partial charge in [-0.05, 0) is 38.8 Å². The van der Waals surface area contributed by atoms with Gasteiger partial charge >= 0.3 is 0 Å². The molecule has 1 aromatic carbocycles. The molecule has 27 heavy (non-hydrogen) atoms. The Hall–Kier alpha value is -1.76. The van der Waals surface area contributed by atoms with Crippen LogP contribution in [0.2, 0.25) is 0 Å². The Balaban J connectivity index is 2.06. The van der Waals surface area contributed by atoms with E-state index in [-0.39, 0.29) is 11.6 Å².